The van der Waals surface area contributed by atoms with Gasteiger partial charge in [-0.3, -0.25) is 19.3 Å². The third kappa shape index (κ3) is 3.87. The predicted octanol–water partition coefficient (Wildman–Crippen LogP) is 2.83. The number of aliphatic hydroxyl groups is 2. The molecule has 3 aromatic rings. The zero-order valence-electron chi connectivity index (χ0n) is 21.9. The van der Waals surface area contributed by atoms with Gasteiger partial charge in [0.2, 0.25) is 5.78 Å². The largest absolute Gasteiger partial charge is 0.508 e. The molecule has 0 saturated carbocycles. The number of carbonyl (C=O) groups excluding carboxylic acids is 3. The number of amides is 1. The number of ketones is 2. The number of aliphatic hydroxyl groups excluding tert-OH is 1. The quantitative estimate of drug-likeness (QED) is 0.188. The minimum Gasteiger partial charge on any atom is -0.508 e. The Balaban J connectivity index is 1.68. The number of carbonyl (C=O) groups is 3. The van der Waals surface area contributed by atoms with Gasteiger partial charge in [0, 0.05) is 16.9 Å². The number of halogens is 1. The molecule has 0 saturated heterocycles. The van der Waals surface area contributed by atoms with E-state index in [9.17, 15) is 34.8 Å². The number of phenols is 2. The van der Waals surface area contributed by atoms with E-state index in [2.05, 4.69) is 21.2 Å². The van der Waals surface area contributed by atoms with Crippen LogP contribution in [-0.2, 0) is 22.6 Å². The number of rotatable bonds is 5. The summed E-state index contributed by atoms with van der Waals surface area (Å²) in [5.41, 5.74) is 3.68. The van der Waals surface area contributed by atoms with E-state index < -0.39 is 52.1 Å². The Bertz CT molecular complexity index is 1650. The predicted molar refractivity (Wildman–Crippen MR) is 151 cm³/mol. The van der Waals surface area contributed by atoms with E-state index in [0.29, 0.717) is 28.7 Å². The fraction of sp³-hybridized carbons (Fsp3) is 0.276. The summed E-state index contributed by atoms with van der Waals surface area (Å²) in [6, 6.07) is 9.79. The summed E-state index contributed by atoms with van der Waals surface area (Å²) in [6.45, 7) is 2.08. The van der Waals surface area contributed by atoms with Gasteiger partial charge in [-0.05, 0) is 67.7 Å². The maximum absolute atomic E-state index is 14.0. The normalized spacial score (nSPS) is 22.4. The first kappa shape index (κ1) is 27.6. The van der Waals surface area contributed by atoms with E-state index in [4.69, 9.17) is 5.73 Å². The molecule has 3 aromatic carbocycles. The Labute approximate surface area is 237 Å². The fourth-order valence-corrected chi connectivity index (χ4v) is 6.29. The molecule has 7 N–H and O–H groups in total. The minimum atomic E-state index is -2.70. The second-order valence-electron chi connectivity index (χ2n) is 10.5. The summed E-state index contributed by atoms with van der Waals surface area (Å²) in [7, 11) is 3.10. The number of nitrogens with one attached hydrogen (secondary N) is 1. The number of hydrogen-bond acceptors (Lipinski definition) is 9. The van der Waals surface area contributed by atoms with Crippen molar-refractivity contribution in [3.05, 3.63) is 74.5 Å². The molecule has 0 aliphatic heterocycles. The van der Waals surface area contributed by atoms with Gasteiger partial charge < -0.3 is 31.5 Å². The van der Waals surface area contributed by atoms with Gasteiger partial charge >= 0.3 is 0 Å². The second-order valence-corrected chi connectivity index (χ2v) is 11.4. The third-order valence-corrected chi connectivity index (χ3v) is 8.57. The smallest absolute Gasteiger partial charge is 0.255 e. The molecule has 0 spiro atoms. The number of phenolic OH excluding ortho intramolecular Hbond substituents is 2. The molecule has 2 aliphatic rings. The van der Waals surface area contributed by atoms with Gasteiger partial charge in [-0.25, -0.2) is 0 Å². The molecule has 0 aromatic heterocycles. The number of likely N-dealkylation sites (N-methyl/N-ethyl adjacent to an activating group) is 1. The number of benzene rings is 3. The zero-order chi connectivity index (χ0) is 29.3. The molecule has 1 amide bonds. The molecule has 10 nitrogen and oxygen atoms in total. The number of Topliss-reactive ketones (excluding diaryl/α,β-unsaturated/α-hetero) is 2. The molecular formula is C29H28BrN3O7. The Morgan fingerprint density at radius 1 is 1.10 bits per heavy atom. The SMILES string of the molecule is Cc1c2c(c(O)c3c(O)c(NCc4ccc(Br)cc4)ccc13)C(=O)[C@]1(O)C(O)=C(C(N)=O)C(=O)[C@@H](N(C)C)[C@@H]1C2. The van der Waals surface area contributed by atoms with Crippen LogP contribution in [0, 0.1) is 12.8 Å². The van der Waals surface area contributed by atoms with Gasteiger partial charge in [-0.15, -0.1) is 0 Å². The summed E-state index contributed by atoms with van der Waals surface area (Å²) in [5, 5.41) is 48.9. The third-order valence-electron chi connectivity index (χ3n) is 8.04. The molecule has 0 heterocycles. The number of primary amides is 1. The molecule has 2 aliphatic carbocycles. The maximum atomic E-state index is 14.0. The monoisotopic (exact) mass is 609 g/mol. The van der Waals surface area contributed by atoms with Crippen LogP contribution in [0.3, 0.4) is 0 Å². The highest BCUT2D eigenvalue weighted by Crippen LogP contribution is 2.51. The summed E-state index contributed by atoms with van der Waals surface area (Å²) >= 11 is 3.39. The Kier molecular flexibility index (Phi) is 6.64. The lowest BCUT2D eigenvalue weighted by Gasteiger charge is -2.47. The highest BCUT2D eigenvalue weighted by atomic mass is 79.9. The van der Waals surface area contributed by atoms with Crippen LogP contribution in [0.25, 0.3) is 10.8 Å². The van der Waals surface area contributed by atoms with Crippen molar-refractivity contribution in [3.8, 4) is 11.5 Å². The van der Waals surface area contributed by atoms with Crippen LogP contribution in [-0.4, -0.2) is 68.5 Å². The van der Waals surface area contributed by atoms with Gasteiger partial charge in [0.25, 0.3) is 5.91 Å². The fourth-order valence-electron chi connectivity index (χ4n) is 6.02. The summed E-state index contributed by atoms with van der Waals surface area (Å²) in [6.07, 6.45) is -0.0814. The van der Waals surface area contributed by atoms with Crippen LogP contribution >= 0.6 is 15.9 Å². The molecule has 0 bridgehead atoms. The second kappa shape index (κ2) is 9.61. The van der Waals surface area contributed by atoms with Gasteiger partial charge in [-0.1, -0.05) is 34.1 Å². The van der Waals surface area contributed by atoms with Crippen LogP contribution in [0.15, 0.2) is 52.2 Å². The van der Waals surface area contributed by atoms with Crippen molar-refractivity contribution in [1.82, 2.24) is 4.90 Å². The van der Waals surface area contributed by atoms with E-state index in [1.807, 2.05) is 24.3 Å². The number of nitrogens with zero attached hydrogens (tertiary/aromatic N) is 1. The number of aryl methyl sites for hydroxylation is 1. The number of hydrogen-bond donors (Lipinski definition) is 6. The van der Waals surface area contributed by atoms with Crippen LogP contribution < -0.4 is 11.1 Å². The molecule has 0 fully saturated rings. The Hall–Kier alpha value is -3.93. The first-order chi connectivity index (χ1) is 18.8. The van der Waals surface area contributed by atoms with Crippen molar-refractivity contribution >= 4 is 49.9 Å². The standard InChI is InChI=1S/C29H28BrN3O7/c1-12-15-8-9-18(32-11-13-4-6-14(30)7-5-13)23(34)19(15)24(35)20-16(12)10-17-22(33(2)3)25(36)21(28(31)39)27(38)29(17,40)26(20)37/h4-9,17,22,32,34-35,38,40H,10-11H2,1-3H3,(H2,31,39)/t17-,22-,29-/m0/s1. The topological polar surface area (TPSA) is 173 Å². The van der Waals surface area contributed by atoms with Crippen molar-refractivity contribution in [2.75, 3.05) is 19.4 Å². The van der Waals surface area contributed by atoms with Crippen molar-refractivity contribution in [2.24, 2.45) is 11.7 Å². The molecule has 11 heteroatoms. The Morgan fingerprint density at radius 2 is 1.75 bits per heavy atom. The minimum absolute atomic E-state index is 0.0119. The summed E-state index contributed by atoms with van der Waals surface area (Å²) in [4.78, 5) is 40.8. The van der Waals surface area contributed by atoms with E-state index in [-0.39, 0.29) is 23.1 Å². The Morgan fingerprint density at radius 3 is 2.35 bits per heavy atom. The summed E-state index contributed by atoms with van der Waals surface area (Å²) in [5.74, 6) is -6.36. The number of anilines is 1. The molecule has 5 rings (SSSR count). The van der Waals surface area contributed by atoms with Gasteiger partial charge in [0.15, 0.2) is 11.4 Å². The lowest BCUT2D eigenvalue weighted by Crippen LogP contribution is -2.64. The number of aromatic hydroxyl groups is 2. The maximum Gasteiger partial charge on any atom is 0.255 e. The molecule has 208 valence electrons. The van der Waals surface area contributed by atoms with E-state index >= 15 is 0 Å². The van der Waals surface area contributed by atoms with Crippen molar-refractivity contribution in [3.63, 3.8) is 0 Å². The first-order valence-corrected chi connectivity index (χ1v) is 13.3. The van der Waals surface area contributed by atoms with Crippen molar-refractivity contribution < 1.29 is 34.8 Å². The van der Waals surface area contributed by atoms with E-state index in [1.165, 1.54) is 4.90 Å². The first-order valence-electron chi connectivity index (χ1n) is 12.5. The van der Waals surface area contributed by atoms with Crippen LogP contribution in [0.1, 0.15) is 27.0 Å². The van der Waals surface area contributed by atoms with Gasteiger partial charge in [0.1, 0.15) is 22.8 Å². The molecular weight excluding hydrogens is 582 g/mol. The highest BCUT2D eigenvalue weighted by Gasteiger charge is 2.62. The molecule has 0 unspecified atom stereocenters. The van der Waals surface area contributed by atoms with Crippen molar-refractivity contribution in [1.29, 1.82) is 0 Å². The summed E-state index contributed by atoms with van der Waals surface area (Å²) < 4.78 is 0.923. The molecule has 40 heavy (non-hydrogen) atoms. The lowest BCUT2D eigenvalue weighted by molar-refractivity contribution is -0.132. The van der Waals surface area contributed by atoms with Crippen LogP contribution in [0.2, 0.25) is 0 Å². The number of fused-ring (bicyclic) bond motifs is 3. The number of nitrogens with two attached hydrogens (primary N) is 1. The van der Waals surface area contributed by atoms with Crippen LogP contribution in [0.4, 0.5) is 5.69 Å². The highest BCUT2D eigenvalue weighted by molar-refractivity contribution is 9.10. The van der Waals surface area contributed by atoms with E-state index in [1.54, 1.807) is 33.2 Å². The van der Waals surface area contributed by atoms with Crippen LogP contribution in [0.5, 0.6) is 11.5 Å². The van der Waals surface area contributed by atoms with E-state index in [0.717, 1.165) is 10.0 Å². The molecule has 0 radical (unpaired) electrons. The molecule has 3 atom stereocenters. The van der Waals surface area contributed by atoms with Gasteiger partial charge in [-0.2, -0.15) is 0 Å². The van der Waals surface area contributed by atoms with Crippen molar-refractivity contribution in [2.45, 2.75) is 31.5 Å². The average Bonchev–Trinajstić information content (AvgIpc) is 2.89. The average molecular weight is 610 g/mol. The zero-order valence-corrected chi connectivity index (χ0v) is 23.5. The van der Waals surface area contributed by atoms with Gasteiger partial charge in [0.05, 0.1) is 22.7 Å². The lowest BCUT2D eigenvalue weighted by atomic mass is 9.61.